The molecule has 5 nitrogen and oxygen atoms in total. The number of piperazine rings is 1. The molecular weight excluding hydrogens is 278 g/mol. The highest BCUT2D eigenvalue weighted by Gasteiger charge is 2.19. The quantitative estimate of drug-likeness (QED) is 0.938. The fourth-order valence-corrected chi connectivity index (χ4v) is 2.61. The summed E-state index contributed by atoms with van der Waals surface area (Å²) in [7, 11) is 1.62. The lowest BCUT2D eigenvalue weighted by Crippen LogP contribution is -2.46. The second-order valence-electron chi connectivity index (χ2n) is 5.17. The number of hydrogen-bond donors (Lipinski definition) is 1. The molecule has 5 heteroatoms. The Labute approximate surface area is 129 Å². The van der Waals surface area contributed by atoms with Crippen molar-refractivity contribution in [3.63, 3.8) is 0 Å². The fraction of sp³-hybridized carbons (Fsp3) is 0.294. The number of ether oxygens (including phenoxy) is 1. The van der Waals surface area contributed by atoms with Crippen LogP contribution in [0.3, 0.4) is 0 Å². The van der Waals surface area contributed by atoms with E-state index in [2.05, 4.69) is 10.3 Å². The summed E-state index contributed by atoms with van der Waals surface area (Å²) in [5, 5.41) is 3.25. The van der Waals surface area contributed by atoms with Gasteiger partial charge < -0.3 is 15.0 Å². The molecule has 3 rings (SSSR count). The summed E-state index contributed by atoms with van der Waals surface area (Å²) >= 11 is 0. The van der Waals surface area contributed by atoms with Crippen LogP contribution >= 0.6 is 0 Å². The molecule has 0 radical (unpaired) electrons. The molecule has 114 valence electrons. The van der Waals surface area contributed by atoms with Crippen molar-refractivity contribution in [3.05, 3.63) is 48.2 Å². The molecule has 0 aliphatic carbocycles. The molecule has 2 aromatic rings. The lowest BCUT2D eigenvalue weighted by molar-refractivity contribution is 0.0736. The maximum atomic E-state index is 12.6. The third kappa shape index (κ3) is 2.94. The minimum atomic E-state index is 0.0568. The van der Waals surface area contributed by atoms with E-state index in [-0.39, 0.29) is 5.91 Å². The van der Waals surface area contributed by atoms with Crippen molar-refractivity contribution in [2.45, 2.75) is 0 Å². The average molecular weight is 297 g/mol. The minimum Gasteiger partial charge on any atom is -0.496 e. The molecule has 1 aromatic heterocycles. The van der Waals surface area contributed by atoms with Crippen LogP contribution in [0.1, 0.15) is 10.4 Å². The molecule has 0 spiro atoms. The third-order valence-corrected chi connectivity index (χ3v) is 3.79. The molecule has 0 saturated carbocycles. The Morgan fingerprint density at radius 3 is 2.73 bits per heavy atom. The zero-order chi connectivity index (χ0) is 15.4. The number of methoxy groups -OCH3 is 1. The van der Waals surface area contributed by atoms with Gasteiger partial charge in [-0.05, 0) is 30.3 Å². The number of carbonyl (C=O) groups excluding carboxylic acids is 1. The number of rotatable bonds is 3. The number of nitrogens with one attached hydrogen (secondary N) is 1. The van der Waals surface area contributed by atoms with Crippen LogP contribution in [0.25, 0.3) is 11.3 Å². The van der Waals surface area contributed by atoms with E-state index in [1.165, 1.54) is 0 Å². The Balaban J connectivity index is 1.95. The standard InChI is InChI=1S/C17H19N3O2/c1-22-16-6-5-13(17(21)20-10-8-18-9-11-20)12-14(16)15-4-2-3-7-19-15/h2-7,12,18H,8-11H2,1H3. The summed E-state index contributed by atoms with van der Waals surface area (Å²) in [6.07, 6.45) is 1.74. The molecule has 0 bridgehead atoms. The summed E-state index contributed by atoms with van der Waals surface area (Å²) in [5.74, 6) is 0.775. The third-order valence-electron chi connectivity index (χ3n) is 3.79. The number of pyridine rings is 1. The van der Waals surface area contributed by atoms with Crippen molar-refractivity contribution < 1.29 is 9.53 Å². The van der Waals surface area contributed by atoms with Crippen molar-refractivity contribution in [1.29, 1.82) is 0 Å². The van der Waals surface area contributed by atoms with Crippen LogP contribution in [0, 0.1) is 0 Å². The Bertz CT molecular complexity index is 652. The van der Waals surface area contributed by atoms with Gasteiger partial charge in [-0.15, -0.1) is 0 Å². The van der Waals surface area contributed by atoms with Crippen LogP contribution in [0.5, 0.6) is 5.75 Å². The number of carbonyl (C=O) groups is 1. The van der Waals surface area contributed by atoms with Gasteiger partial charge in [0.15, 0.2) is 0 Å². The summed E-state index contributed by atoms with van der Waals surface area (Å²) in [6.45, 7) is 3.16. The SMILES string of the molecule is COc1ccc(C(=O)N2CCNCC2)cc1-c1ccccn1. The van der Waals surface area contributed by atoms with Gasteiger partial charge in [-0.25, -0.2) is 0 Å². The van der Waals surface area contributed by atoms with Crippen LogP contribution in [0.4, 0.5) is 0 Å². The van der Waals surface area contributed by atoms with Crippen molar-refractivity contribution in [2.24, 2.45) is 0 Å². The van der Waals surface area contributed by atoms with Crippen molar-refractivity contribution >= 4 is 5.91 Å². The van der Waals surface area contributed by atoms with Crippen LogP contribution in [-0.4, -0.2) is 49.1 Å². The molecule has 2 heterocycles. The second-order valence-corrected chi connectivity index (χ2v) is 5.17. The summed E-state index contributed by atoms with van der Waals surface area (Å²) in [6, 6.07) is 11.2. The van der Waals surface area contributed by atoms with Gasteiger partial charge in [0.2, 0.25) is 0 Å². The molecule has 22 heavy (non-hydrogen) atoms. The van der Waals surface area contributed by atoms with Gasteiger partial charge in [-0.1, -0.05) is 6.07 Å². The fourth-order valence-electron chi connectivity index (χ4n) is 2.61. The topological polar surface area (TPSA) is 54.5 Å². The molecule has 1 N–H and O–H groups in total. The molecule has 1 amide bonds. The largest absolute Gasteiger partial charge is 0.496 e. The van der Waals surface area contributed by atoms with Crippen molar-refractivity contribution in [2.75, 3.05) is 33.3 Å². The molecule has 1 aliphatic heterocycles. The Morgan fingerprint density at radius 2 is 2.05 bits per heavy atom. The number of nitrogens with zero attached hydrogens (tertiary/aromatic N) is 2. The molecule has 1 aliphatic rings. The van der Waals surface area contributed by atoms with Crippen molar-refractivity contribution in [3.8, 4) is 17.0 Å². The molecule has 0 atom stereocenters. The van der Waals surface area contributed by atoms with Crippen LogP contribution in [0.15, 0.2) is 42.6 Å². The molecular formula is C17H19N3O2. The Morgan fingerprint density at radius 1 is 1.23 bits per heavy atom. The first-order valence-corrected chi connectivity index (χ1v) is 7.39. The molecule has 1 saturated heterocycles. The summed E-state index contributed by atoms with van der Waals surface area (Å²) in [4.78, 5) is 18.9. The average Bonchev–Trinajstić information content (AvgIpc) is 2.62. The van der Waals surface area contributed by atoms with E-state index < -0.39 is 0 Å². The first-order chi connectivity index (χ1) is 10.8. The van der Waals surface area contributed by atoms with E-state index in [0.717, 1.165) is 43.2 Å². The summed E-state index contributed by atoms with van der Waals surface area (Å²) < 4.78 is 5.41. The molecule has 1 aromatic carbocycles. The number of benzene rings is 1. The first-order valence-electron chi connectivity index (χ1n) is 7.39. The number of hydrogen-bond acceptors (Lipinski definition) is 4. The maximum Gasteiger partial charge on any atom is 0.253 e. The van der Waals surface area contributed by atoms with E-state index >= 15 is 0 Å². The van der Waals surface area contributed by atoms with E-state index in [1.54, 1.807) is 13.3 Å². The summed E-state index contributed by atoms with van der Waals surface area (Å²) in [5.41, 5.74) is 2.31. The van der Waals surface area contributed by atoms with Gasteiger partial charge in [-0.2, -0.15) is 0 Å². The van der Waals surface area contributed by atoms with Gasteiger partial charge in [0, 0.05) is 43.5 Å². The minimum absolute atomic E-state index is 0.0568. The predicted octanol–water partition coefficient (Wildman–Crippen LogP) is 1.80. The first kappa shape index (κ1) is 14.5. The monoisotopic (exact) mass is 297 g/mol. The normalized spacial score (nSPS) is 14.7. The number of aromatic nitrogens is 1. The van der Waals surface area contributed by atoms with Gasteiger partial charge in [0.05, 0.1) is 12.8 Å². The Kier molecular flexibility index (Phi) is 4.34. The van der Waals surface area contributed by atoms with E-state index in [9.17, 15) is 4.79 Å². The van der Waals surface area contributed by atoms with E-state index in [4.69, 9.17) is 4.74 Å². The van der Waals surface area contributed by atoms with E-state index in [0.29, 0.717) is 5.56 Å². The lowest BCUT2D eigenvalue weighted by atomic mass is 10.0. The Hall–Kier alpha value is -2.40. The molecule has 1 fully saturated rings. The van der Waals surface area contributed by atoms with Crippen molar-refractivity contribution in [1.82, 2.24) is 15.2 Å². The van der Waals surface area contributed by atoms with E-state index in [1.807, 2.05) is 41.3 Å². The van der Waals surface area contributed by atoms with Crippen LogP contribution in [-0.2, 0) is 0 Å². The highest BCUT2D eigenvalue weighted by atomic mass is 16.5. The maximum absolute atomic E-state index is 12.6. The van der Waals surface area contributed by atoms with Crippen LogP contribution in [0.2, 0.25) is 0 Å². The molecule has 0 unspecified atom stereocenters. The second kappa shape index (κ2) is 6.58. The zero-order valence-electron chi connectivity index (χ0n) is 12.6. The predicted molar refractivity (Wildman–Crippen MR) is 85.0 cm³/mol. The number of amides is 1. The highest BCUT2D eigenvalue weighted by Crippen LogP contribution is 2.29. The van der Waals surface area contributed by atoms with Gasteiger partial charge in [-0.3, -0.25) is 9.78 Å². The van der Waals surface area contributed by atoms with Gasteiger partial charge in [0.25, 0.3) is 5.91 Å². The lowest BCUT2D eigenvalue weighted by Gasteiger charge is -2.27. The van der Waals surface area contributed by atoms with Gasteiger partial charge in [0.1, 0.15) is 5.75 Å². The smallest absolute Gasteiger partial charge is 0.253 e. The highest BCUT2D eigenvalue weighted by molar-refractivity contribution is 5.96. The van der Waals surface area contributed by atoms with Crippen LogP contribution < -0.4 is 10.1 Å². The van der Waals surface area contributed by atoms with Gasteiger partial charge >= 0.3 is 0 Å². The zero-order valence-corrected chi connectivity index (χ0v) is 12.6.